The molecular weight excluding hydrogens is 400 g/mol. The van der Waals surface area contributed by atoms with E-state index in [1.54, 1.807) is 11.8 Å². The zero-order valence-corrected chi connectivity index (χ0v) is 21.2. The number of hydrogen-bond donors (Lipinski definition) is 0. The zero-order valence-electron chi connectivity index (χ0n) is 20.2. The third-order valence-electron chi connectivity index (χ3n) is 5.83. The summed E-state index contributed by atoms with van der Waals surface area (Å²) in [5.41, 5.74) is -0.633. The third kappa shape index (κ3) is 7.58. The molecule has 1 aliphatic heterocycles. The number of carbonyl (C=O) groups is 2. The summed E-state index contributed by atoms with van der Waals surface area (Å²) in [5, 5.41) is 9.39. The molecule has 0 bridgehead atoms. The molecule has 0 aliphatic carbocycles. The monoisotopic (exact) mass is 440 g/mol. The van der Waals surface area contributed by atoms with Gasteiger partial charge in [0.15, 0.2) is 8.32 Å². The molecule has 3 atom stereocenters. The number of carbonyl (C=O) groups excluding carboxylic acids is 2. The van der Waals surface area contributed by atoms with Crippen LogP contribution in [0.25, 0.3) is 0 Å². The largest absolute Gasteiger partial charge is 0.466 e. The van der Waals surface area contributed by atoms with Gasteiger partial charge in [-0.05, 0) is 52.2 Å². The number of hydrogen-bond acceptors (Lipinski definition) is 6. The normalized spacial score (nSPS) is 21.1. The third-order valence-corrected chi connectivity index (χ3v) is 10.4. The van der Waals surface area contributed by atoms with Crippen molar-refractivity contribution in [2.75, 3.05) is 13.2 Å². The van der Waals surface area contributed by atoms with Gasteiger partial charge in [0.2, 0.25) is 0 Å². The van der Waals surface area contributed by atoms with Crippen molar-refractivity contribution >= 4 is 20.4 Å². The molecule has 2 unspecified atom stereocenters. The Bertz CT molecular complexity index is 645. The molecule has 30 heavy (non-hydrogen) atoms. The summed E-state index contributed by atoms with van der Waals surface area (Å²) in [4.78, 5) is 26.8. The molecule has 0 aromatic rings. The molecular formula is C22H40N2O5Si. The standard InChI is InChI=1S/C22H40N2O5Si/c1-10-27-19(25)13-16(11-12-23)18-14-17(29-30(8,9)22(5,6)7)15-24(18)20(26)28-21(2,3)4/h16-18H,10-11,13-15H2,1-9H3/t16?,17-,18?/m1/s1. The molecule has 0 radical (unpaired) electrons. The van der Waals surface area contributed by atoms with Crippen LogP contribution in [-0.4, -0.2) is 56.2 Å². The number of rotatable bonds is 7. The lowest BCUT2D eigenvalue weighted by atomic mass is 9.91. The van der Waals surface area contributed by atoms with Gasteiger partial charge in [0, 0.05) is 24.9 Å². The summed E-state index contributed by atoms with van der Waals surface area (Å²) in [5.74, 6) is -0.676. The number of nitriles is 1. The lowest BCUT2D eigenvalue weighted by Gasteiger charge is -2.38. The maximum atomic E-state index is 13.0. The summed E-state index contributed by atoms with van der Waals surface area (Å²) in [7, 11) is -2.04. The molecule has 1 fully saturated rings. The number of esters is 1. The quantitative estimate of drug-likeness (QED) is 0.414. The summed E-state index contributed by atoms with van der Waals surface area (Å²) >= 11 is 0. The van der Waals surface area contributed by atoms with E-state index in [1.807, 2.05) is 20.8 Å². The van der Waals surface area contributed by atoms with Crippen LogP contribution in [0.5, 0.6) is 0 Å². The predicted molar refractivity (Wildman–Crippen MR) is 118 cm³/mol. The van der Waals surface area contributed by atoms with Crippen molar-refractivity contribution in [1.29, 1.82) is 5.26 Å². The molecule has 7 nitrogen and oxygen atoms in total. The van der Waals surface area contributed by atoms with Crippen LogP contribution in [0.2, 0.25) is 18.1 Å². The van der Waals surface area contributed by atoms with Gasteiger partial charge in [0.05, 0.1) is 25.2 Å². The van der Waals surface area contributed by atoms with Crippen LogP contribution < -0.4 is 0 Å². The molecule has 0 aromatic carbocycles. The second-order valence-electron chi connectivity index (χ2n) is 10.6. The molecule has 1 saturated heterocycles. The van der Waals surface area contributed by atoms with Gasteiger partial charge in [0.1, 0.15) is 5.60 Å². The number of likely N-dealkylation sites (tertiary alicyclic amines) is 1. The number of amides is 1. The van der Waals surface area contributed by atoms with Gasteiger partial charge in [0.25, 0.3) is 0 Å². The fourth-order valence-electron chi connectivity index (χ4n) is 3.38. The molecule has 1 heterocycles. The van der Waals surface area contributed by atoms with Gasteiger partial charge in [-0.15, -0.1) is 0 Å². The van der Waals surface area contributed by atoms with Gasteiger partial charge < -0.3 is 18.8 Å². The molecule has 0 N–H and O–H groups in total. The molecule has 1 aliphatic rings. The van der Waals surface area contributed by atoms with Crippen LogP contribution in [0.1, 0.15) is 67.7 Å². The van der Waals surface area contributed by atoms with Gasteiger partial charge in [-0.1, -0.05) is 20.8 Å². The molecule has 0 aromatic heterocycles. The minimum Gasteiger partial charge on any atom is -0.466 e. The highest BCUT2D eigenvalue weighted by Gasteiger charge is 2.46. The highest BCUT2D eigenvalue weighted by molar-refractivity contribution is 6.74. The van der Waals surface area contributed by atoms with Crippen LogP contribution in [0.15, 0.2) is 0 Å². The molecule has 1 rings (SSSR count). The topological polar surface area (TPSA) is 88.9 Å². The molecule has 0 spiro atoms. The van der Waals surface area contributed by atoms with E-state index >= 15 is 0 Å². The van der Waals surface area contributed by atoms with Crippen LogP contribution in [0.4, 0.5) is 4.79 Å². The van der Waals surface area contributed by atoms with E-state index in [9.17, 15) is 14.9 Å². The Labute approximate surface area is 183 Å². The zero-order chi connectivity index (χ0) is 23.3. The van der Waals surface area contributed by atoms with E-state index < -0.39 is 20.0 Å². The number of ether oxygens (including phenoxy) is 2. The van der Waals surface area contributed by atoms with Crippen LogP contribution in [0, 0.1) is 17.2 Å². The first-order valence-corrected chi connectivity index (χ1v) is 13.7. The lowest BCUT2D eigenvalue weighted by Crippen LogP contribution is -2.45. The van der Waals surface area contributed by atoms with Crippen molar-refractivity contribution in [2.45, 2.75) is 104 Å². The second-order valence-corrected chi connectivity index (χ2v) is 15.3. The van der Waals surface area contributed by atoms with Crippen molar-refractivity contribution in [3.8, 4) is 6.07 Å². The van der Waals surface area contributed by atoms with Crippen molar-refractivity contribution in [3.05, 3.63) is 0 Å². The first-order valence-electron chi connectivity index (χ1n) is 10.8. The van der Waals surface area contributed by atoms with Gasteiger partial charge in [-0.3, -0.25) is 4.79 Å². The Morgan fingerprint density at radius 3 is 2.27 bits per heavy atom. The van der Waals surface area contributed by atoms with E-state index in [-0.39, 0.29) is 48.5 Å². The van der Waals surface area contributed by atoms with Crippen LogP contribution in [0.3, 0.4) is 0 Å². The Kier molecular flexibility index (Phi) is 8.94. The summed E-state index contributed by atoms with van der Waals surface area (Å²) in [6.07, 6.45) is 0.262. The smallest absolute Gasteiger partial charge is 0.410 e. The summed E-state index contributed by atoms with van der Waals surface area (Å²) in [6, 6.07) is 1.86. The summed E-state index contributed by atoms with van der Waals surface area (Å²) in [6.45, 7) is 18.8. The molecule has 172 valence electrons. The van der Waals surface area contributed by atoms with Crippen molar-refractivity contribution in [2.24, 2.45) is 5.92 Å². The van der Waals surface area contributed by atoms with E-state index in [1.165, 1.54) is 0 Å². The maximum absolute atomic E-state index is 13.0. The second kappa shape index (κ2) is 10.1. The highest BCUT2D eigenvalue weighted by atomic mass is 28.4. The van der Waals surface area contributed by atoms with Crippen molar-refractivity contribution in [1.82, 2.24) is 4.90 Å². The van der Waals surface area contributed by atoms with Crippen molar-refractivity contribution < 1.29 is 23.5 Å². The van der Waals surface area contributed by atoms with Gasteiger partial charge in [-0.2, -0.15) is 5.26 Å². The average molecular weight is 441 g/mol. The first-order chi connectivity index (χ1) is 13.6. The Morgan fingerprint density at radius 2 is 1.80 bits per heavy atom. The Morgan fingerprint density at radius 1 is 1.20 bits per heavy atom. The lowest BCUT2D eigenvalue weighted by molar-refractivity contribution is -0.144. The SMILES string of the molecule is CCOC(=O)CC(CC#N)C1C[C@@H](O[Si](C)(C)C(C)(C)C)CN1C(=O)OC(C)(C)C. The van der Waals surface area contributed by atoms with Crippen LogP contribution >= 0.6 is 0 Å². The average Bonchev–Trinajstić information content (AvgIpc) is 2.95. The molecule has 0 saturated carbocycles. The maximum Gasteiger partial charge on any atom is 0.410 e. The predicted octanol–water partition coefficient (Wildman–Crippen LogP) is 4.87. The van der Waals surface area contributed by atoms with E-state index in [4.69, 9.17) is 13.9 Å². The fraction of sp³-hybridized carbons (Fsp3) is 0.864. The van der Waals surface area contributed by atoms with E-state index in [0.29, 0.717) is 13.0 Å². The van der Waals surface area contributed by atoms with E-state index in [0.717, 1.165) is 0 Å². The first kappa shape index (κ1) is 26.4. The molecule has 1 amide bonds. The van der Waals surface area contributed by atoms with Gasteiger partial charge >= 0.3 is 12.1 Å². The Balaban J connectivity index is 3.13. The minimum atomic E-state index is -2.04. The summed E-state index contributed by atoms with van der Waals surface area (Å²) < 4.78 is 17.3. The minimum absolute atomic E-state index is 0.0405. The van der Waals surface area contributed by atoms with Crippen molar-refractivity contribution in [3.63, 3.8) is 0 Å². The fourth-order valence-corrected chi connectivity index (χ4v) is 4.74. The highest BCUT2D eigenvalue weighted by Crippen LogP contribution is 2.40. The number of nitrogens with zero attached hydrogens (tertiary/aromatic N) is 2. The van der Waals surface area contributed by atoms with Gasteiger partial charge in [-0.25, -0.2) is 4.79 Å². The Hall–Kier alpha value is -1.59. The van der Waals surface area contributed by atoms with Crippen LogP contribution in [-0.2, 0) is 18.7 Å². The molecule has 8 heteroatoms. The van der Waals surface area contributed by atoms with E-state index in [2.05, 4.69) is 39.9 Å².